The van der Waals surface area contributed by atoms with E-state index in [4.69, 9.17) is 5.11 Å². The SMILES string of the molecule is CC[Si](CC)(CC)c1cc(C(F)(F)F)c(C(=O)O)cc1C(F)(F)F. The van der Waals surface area contributed by atoms with E-state index >= 15 is 0 Å². The van der Waals surface area contributed by atoms with Crippen molar-refractivity contribution in [2.75, 3.05) is 0 Å². The summed E-state index contributed by atoms with van der Waals surface area (Å²) in [6.45, 7) is 4.99. The van der Waals surface area contributed by atoms with Crippen LogP contribution in [0.15, 0.2) is 12.1 Å². The number of alkyl halides is 6. The van der Waals surface area contributed by atoms with Gasteiger partial charge >= 0.3 is 18.3 Å². The highest BCUT2D eigenvalue weighted by Crippen LogP contribution is 2.38. The topological polar surface area (TPSA) is 37.3 Å². The molecule has 0 saturated heterocycles. The van der Waals surface area contributed by atoms with Gasteiger partial charge in [-0.15, -0.1) is 0 Å². The van der Waals surface area contributed by atoms with Gasteiger partial charge in [0.1, 0.15) is 0 Å². The monoisotopic (exact) mass is 372 g/mol. The molecule has 0 aromatic heterocycles. The van der Waals surface area contributed by atoms with Gasteiger partial charge in [0.2, 0.25) is 0 Å². The number of benzene rings is 1. The van der Waals surface area contributed by atoms with Crippen molar-refractivity contribution in [1.82, 2.24) is 0 Å². The molecule has 0 heterocycles. The quantitative estimate of drug-likeness (QED) is 0.574. The van der Waals surface area contributed by atoms with Crippen molar-refractivity contribution in [2.45, 2.75) is 51.3 Å². The summed E-state index contributed by atoms with van der Waals surface area (Å²) in [6, 6.07) is 1.59. The molecule has 136 valence electrons. The first kappa shape index (κ1) is 20.5. The summed E-state index contributed by atoms with van der Waals surface area (Å²) in [5, 5.41) is 8.57. The third kappa shape index (κ3) is 3.76. The van der Waals surface area contributed by atoms with Crippen molar-refractivity contribution < 1.29 is 36.2 Å². The van der Waals surface area contributed by atoms with Crippen LogP contribution in [0.2, 0.25) is 18.1 Å². The Kier molecular flexibility index (Phi) is 5.80. The number of aromatic carboxylic acids is 1. The van der Waals surface area contributed by atoms with Crippen LogP contribution in [-0.2, 0) is 12.4 Å². The predicted molar refractivity (Wildman–Crippen MR) is 80.2 cm³/mol. The van der Waals surface area contributed by atoms with Crippen LogP contribution in [0.3, 0.4) is 0 Å². The van der Waals surface area contributed by atoms with Crippen molar-refractivity contribution in [1.29, 1.82) is 0 Å². The van der Waals surface area contributed by atoms with E-state index < -0.39 is 43.1 Å². The molecule has 0 spiro atoms. The van der Waals surface area contributed by atoms with Gasteiger partial charge in [0, 0.05) is 0 Å². The Balaban J connectivity index is 3.96. The molecule has 0 saturated carbocycles. The number of carboxylic acid groups (broad SMARTS) is 1. The third-order valence-corrected chi connectivity index (χ3v) is 10.2. The molecule has 24 heavy (non-hydrogen) atoms. The number of halogens is 6. The molecule has 1 N–H and O–H groups in total. The lowest BCUT2D eigenvalue weighted by Gasteiger charge is -2.32. The highest BCUT2D eigenvalue weighted by molar-refractivity contribution is 6.92. The maximum atomic E-state index is 13.4. The minimum absolute atomic E-state index is 0.142. The Morgan fingerprint density at radius 2 is 1.33 bits per heavy atom. The van der Waals surface area contributed by atoms with E-state index in [1.54, 1.807) is 20.8 Å². The van der Waals surface area contributed by atoms with Crippen molar-refractivity contribution in [2.24, 2.45) is 0 Å². The van der Waals surface area contributed by atoms with Gasteiger partial charge in [0.05, 0.1) is 24.8 Å². The van der Waals surface area contributed by atoms with E-state index in [1.165, 1.54) is 0 Å². The fourth-order valence-electron chi connectivity index (χ4n) is 3.01. The number of hydrogen-bond donors (Lipinski definition) is 1. The van der Waals surface area contributed by atoms with Crippen molar-refractivity contribution in [3.8, 4) is 0 Å². The third-order valence-electron chi connectivity index (χ3n) is 4.60. The molecule has 1 aromatic rings. The lowest BCUT2D eigenvalue weighted by molar-refractivity contribution is -0.141. The first-order valence-corrected chi connectivity index (χ1v) is 10.0. The molecular weight excluding hydrogens is 354 g/mol. The van der Waals surface area contributed by atoms with Crippen LogP contribution in [0, 0.1) is 0 Å². The van der Waals surface area contributed by atoms with Gasteiger partial charge in [0.15, 0.2) is 0 Å². The largest absolute Gasteiger partial charge is 0.478 e. The smallest absolute Gasteiger partial charge is 0.417 e. The van der Waals surface area contributed by atoms with E-state index in [-0.39, 0.29) is 11.3 Å². The lowest BCUT2D eigenvalue weighted by atomic mass is 10.0. The average Bonchev–Trinajstić information content (AvgIpc) is 2.47. The standard InChI is InChI=1S/C15H18F6O2Si/c1-4-24(5-2,6-3)12-8-10(14(16,17)18)9(13(22)23)7-11(12)15(19,20)21/h7-8H,4-6H2,1-3H3,(H,22,23). The highest BCUT2D eigenvalue weighted by Gasteiger charge is 2.45. The maximum absolute atomic E-state index is 13.4. The fraction of sp³-hybridized carbons (Fsp3) is 0.533. The van der Waals surface area contributed by atoms with Crippen LogP contribution in [0.4, 0.5) is 26.3 Å². The van der Waals surface area contributed by atoms with Gasteiger partial charge in [-0.25, -0.2) is 4.79 Å². The molecule has 0 unspecified atom stereocenters. The van der Waals surface area contributed by atoms with Crippen LogP contribution < -0.4 is 5.19 Å². The van der Waals surface area contributed by atoms with Gasteiger partial charge in [-0.3, -0.25) is 0 Å². The minimum atomic E-state index is -5.04. The van der Waals surface area contributed by atoms with Crippen molar-refractivity contribution >= 4 is 19.2 Å². The van der Waals surface area contributed by atoms with E-state index in [1.807, 2.05) is 0 Å². The van der Waals surface area contributed by atoms with Gasteiger partial charge in [-0.1, -0.05) is 38.9 Å². The van der Waals surface area contributed by atoms with Gasteiger partial charge in [-0.05, 0) is 17.3 Å². The fourth-order valence-corrected chi connectivity index (χ4v) is 6.88. The Morgan fingerprint density at radius 1 is 0.917 bits per heavy atom. The number of carbonyl (C=O) groups is 1. The molecule has 0 atom stereocenters. The first-order valence-electron chi connectivity index (χ1n) is 7.40. The Bertz CT molecular complexity index is 609. The molecule has 1 rings (SSSR count). The lowest BCUT2D eigenvalue weighted by Crippen LogP contribution is -2.49. The Morgan fingerprint density at radius 3 is 1.62 bits per heavy atom. The number of hydrogen-bond acceptors (Lipinski definition) is 1. The summed E-state index contributed by atoms with van der Waals surface area (Å²) >= 11 is 0. The molecule has 0 bridgehead atoms. The van der Waals surface area contributed by atoms with Gasteiger partial charge in [0.25, 0.3) is 0 Å². The molecule has 0 radical (unpaired) electrons. The van der Waals surface area contributed by atoms with Crippen molar-refractivity contribution in [3.05, 3.63) is 28.8 Å². The summed E-state index contributed by atoms with van der Waals surface area (Å²) in [7, 11) is -2.83. The summed E-state index contributed by atoms with van der Waals surface area (Å²) in [4.78, 5) is 11.1. The van der Waals surface area contributed by atoms with Crippen LogP contribution in [0.25, 0.3) is 0 Å². The molecule has 0 amide bonds. The van der Waals surface area contributed by atoms with Gasteiger partial charge in [-0.2, -0.15) is 26.3 Å². The number of rotatable bonds is 5. The van der Waals surface area contributed by atoms with E-state index in [0.29, 0.717) is 24.2 Å². The second kappa shape index (κ2) is 6.77. The summed E-state index contributed by atoms with van der Waals surface area (Å²) in [5.74, 6) is -2.03. The minimum Gasteiger partial charge on any atom is -0.478 e. The van der Waals surface area contributed by atoms with Crippen LogP contribution in [0.1, 0.15) is 42.3 Å². The Labute approximate surface area is 136 Å². The molecule has 0 aliphatic heterocycles. The van der Waals surface area contributed by atoms with Crippen LogP contribution in [-0.4, -0.2) is 19.1 Å². The second-order valence-corrected chi connectivity index (χ2v) is 10.8. The van der Waals surface area contributed by atoms with E-state index in [9.17, 15) is 31.1 Å². The van der Waals surface area contributed by atoms with Gasteiger partial charge < -0.3 is 5.11 Å². The molecule has 1 aromatic carbocycles. The van der Waals surface area contributed by atoms with E-state index in [2.05, 4.69) is 0 Å². The normalized spacial score (nSPS) is 13.2. The van der Waals surface area contributed by atoms with E-state index in [0.717, 1.165) is 0 Å². The van der Waals surface area contributed by atoms with Crippen LogP contribution in [0.5, 0.6) is 0 Å². The van der Waals surface area contributed by atoms with Crippen molar-refractivity contribution in [3.63, 3.8) is 0 Å². The second-order valence-electron chi connectivity index (χ2n) is 5.59. The zero-order chi connectivity index (χ0) is 18.9. The summed E-state index contributed by atoms with van der Waals surface area (Å²) < 4.78 is 79.8. The average molecular weight is 372 g/mol. The molecular formula is C15H18F6O2Si. The number of carboxylic acids is 1. The predicted octanol–water partition coefficient (Wildman–Crippen LogP) is 5.14. The summed E-state index contributed by atoms with van der Waals surface area (Å²) in [6.07, 6.45) is -9.95. The maximum Gasteiger partial charge on any atom is 0.417 e. The Hall–Kier alpha value is -1.51. The molecule has 9 heteroatoms. The zero-order valence-corrected chi connectivity index (χ0v) is 14.4. The molecule has 2 nitrogen and oxygen atoms in total. The first-order chi connectivity index (χ1) is 10.8. The zero-order valence-electron chi connectivity index (χ0n) is 13.4. The molecule has 0 aliphatic carbocycles. The molecule has 0 fully saturated rings. The van der Waals surface area contributed by atoms with Crippen LogP contribution >= 0.6 is 0 Å². The highest BCUT2D eigenvalue weighted by atomic mass is 28.3. The summed E-state index contributed by atoms with van der Waals surface area (Å²) in [5.41, 5.74) is -4.15. The molecule has 0 aliphatic rings.